The number of amides is 3. The van der Waals surface area contributed by atoms with Gasteiger partial charge < -0.3 is 5.32 Å². The van der Waals surface area contributed by atoms with E-state index in [4.69, 9.17) is 11.6 Å². The van der Waals surface area contributed by atoms with Crippen molar-refractivity contribution in [2.45, 2.75) is 19.0 Å². The average Bonchev–Trinajstić information content (AvgIpc) is 3.06. The largest absolute Gasteiger partial charge is 0.325 e. The highest BCUT2D eigenvalue weighted by molar-refractivity contribution is 7.10. The second-order valence-corrected chi connectivity index (χ2v) is 6.28. The summed E-state index contributed by atoms with van der Waals surface area (Å²) in [4.78, 5) is 30.8. The lowest BCUT2D eigenvalue weighted by Crippen LogP contribution is -2.40. The van der Waals surface area contributed by atoms with Crippen molar-refractivity contribution in [3.8, 4) is 0 Å². The van der Waals surface area contributed by atoms with Crippen molar-refractivity contribution in [1.82, 2.24) is 15.2 Å². The summed E-state index contributed by atoms with van der Waals surface area (Å²) in [6.45, 7) is 1.84. The minimum Gasteiger partial charge on any atom is -0.319 e. The standard InChI is InChI=1S/C14H12ClN3O2S/c1-14(11-3-2-6-21-11)12(19)18(13(20)17-14)8-10-5-4-9(15)7-16-10/h2-7H,8H2,1H3,(H,17,20). The van der Waals surface area contributed by atoms with Crippen LogP contribution in [0.15, 0.2) is 35.8 Å². The van der Waals surface area contributed by atoms with Crippen molar-refractivity contribution in [2.24, 2.45) is 0 Å². The van der Waals surface area contributed by atoms with Gasteiger partial charge in [0.25, 0.3) is 5.91 Å². The Hall–Kier alpha value is -1.92. The number of nitrogens with zero attached hydrogens (tertiary/aromatic N) is 2. The fourth-order valence-electron chi connectivity index (χ4n) is 2.23. The molecule has 0 aliphatic carbocycles. The number of halogens is 1. The van der Waals surface area contributed by atoms with Crippen LogP contribution >= 0.6 is 22.9 Å². The molecule has 7 heteroatoms. The zero-order chi connectivity index (χ0) is 15.0. The van der Waals surface area contributed by atoms with Crippen LogP contribution in [0.3, 0.4) is 0 Å². The predicted molar refractivity (Wildman–Crippen MR) is 80.0 cm³/mol. The van der Waals surface area contributed by atoms with Crippen LogP contribution in [0.1, 0.15) is 17.5 Å². The highest BCUT2D eigenvalue weighted by Crippen LogP contribution is 2.32. The van der Waals surface area contributed by atoms with Crippen molar-refractivity contribution < 1.29 is 9.59 Å². The number of carbonyl (C=O) groups is 2. The molecule has 1 aliphatic heterocycles. The summed E-state index contributed by atoms with van der Waals surface area (Å²) in [7, 11) is 0. The third-order valence-electron chi connectivity index (χ3n) is 3.40. The van der Waals surface area contributed by atoms with Crippen molar-refractivity contribution in [3.63, 3.8) is 0 Å². The van der Waals surface area contributed by atoms with E-state index >= 15 is 0 Å². The third-order valence-corrected chi connectivity index (χ3v) is 4.71. The second-order valence-electron chi connectivity index (χ2n) is 4.89. The minimum atomic E-state index is -1.00. The smallest absolute Gasteiger partial charge is 0.319 e. The van der Waals surface area contributed by atoms with Gasteiger partial charge in [-0.3, -0.25) is 14.7 Å². The highest BCUT2D eigenvalue weighted by Gasteiger charge is 2.49. The number of carbonyl (C=O) groups excluding carboxylic acids is 2. The number of hydrogen-bond acceptors (Lipinski definition) is 4. The van der Waals surface area contributed by atoms with Crippen molar-refractivity contribution in [2.75, 3.05) is 0 Å². The van der Waals surface area contributed by atoms with Crippen LogP contribution in [0.5, 0.6) is 0 Å². The van der Waals surface area contributed by atoms with Gasteiger partial charge in [0, 0.05) is 11.1 Å². The van der Waals surface area contributed by atoms with Crippen LogP contribution in [0, 0.1) is 0 Å². The first-order chi connectivity index (χ1) is 10.0. The Bertz CT molecular complexity index is 687. The first-order valence-electron chi connectivity index (χ1n) is 6.29. The SMILES string of the molecule is CC1(c2cccs2)NC(=O)N(Cc2ccc(Cl)cn2)C1=O. The summed E-state index contributed by atoms with van der Waals surface area (Å²) in [5.41, 5.74) is -0.393. The van der Waals surface area contributed by atoms with E-state index < -0.39 is 11.6 Å². The third kappa shape index (κ3) is 2.41. The molecule has 2 aromatic rings. The van der Waals surface area contributed by atoms with E-state index in [1.165, 1.54) is 22.4 Å². The monoisotopic (exact) mass is 321 g/mol. The molecule has 0 bridgehead atoms. The normalized spacial score (nSPS) is 21.7. The number of imide groups is 1. The van der Waals surface area contributed by atoms with Gasteiger partial charge in [-0.05, 0) is 30.5 Å². The van der Waals surface area contributed by atoms with Crippen molar-refractivity contribution in [1.29, 1.82) is 0 Å². The molecule has 0 saturated carbocycles. The zero-order valence-electron chi connectivity index (χ0n) is 11.2. The van der Waals surface area contributed by atoms with Gasteiger partial charge in [-0.1, -0.05) is 17.7 Å². The molecule has 108 valence electrons. The molecular formula is C14H12ClN3O2S. The Morgan fingerprint density at radius 2 is 2.19 bits per heavy atom. The lowest BCUT2D eigenvalue weighted by atomic mass is 10.0. The van der Waals surface area contributed by atoms with Gasteiger partial charge in [-0.25, -0.2) is 4.79 Å². The quantitative estimate of drug-likeness (QED) is 0.884. The lowest BCUT2D eigenvalue weighted by molar-refractivity contribution is -0.131. The molecular weight excluding hydrogens is 310 g/mol. The summed E-state index contributed by atoms with van der Waals surface area (Å²) >= 11 is 7.22. The molecule has 21 heavy (non-hydrogen) atoms. The highest BCUT2D eigenvalue weighted by atomic mass is 35.5. The van der Waals surface area contributed by atoms with E-state index in [1.54, 1.807) is 19.1 Å². The maximum Gasteiger partial charge on any atom is 0.325 e. The Morgan fingerprint density at radius 3 is 2.81 bits per heavy atom. The summed E-state index contributed by atoms with van der Waals surface area (Å²) < 4.78 is 0. The van der Waals surface area contributed by atoms with Gasteiger partial charge in [0.1, 0.15) is 0 Å². The van der Waals surface area contributed by atoms with Crippen LogP contribution in [0.2, 0.25) is 5.02 Å². The number of urea groups is 1. The van der Waals surface area contributed by atoms with Crippen LogP contribution in [0.4, 0.5) is 4.79 Å². The molecule has 3 heterocycles. The van der Waals surface area contributed by atoms with E-state index in [0.29, 0.717) is 10.7 Å². The van der Waals surface area contributed by atoms with Gasteiger partial charge in [0.05, 0.1) is 17.3 Å². The van der Waals surface area contributed by atoms with E-state index in [9.17, 15) is 9.59 Å². The van der Waals surface area contributed by atoms with Crippen molar-refractivity contribution >= 4 is 34.9 Å². The van der Waals surface area contributed by atoms with Crippen LogP contribution < -0.4 is 5.32 Å². The first kappa shape index (κ1) is 14.0. The molecule has 1 atom stereocenters. The van der Waals surface area contributed by atoms with Crippen LogP contribution in [-0.4, -0.2) is 21.8 Å². The van der Waals surface area contributed by atoms with Gasteiger partial charge >= 0.3 is 6.03 Å². The van der Waals surface area contributed by atoms with E-state index in [0.717, 1.165) is 4.88 Å². The lowest BCUT2D eigenvalue weighted by Gasteiger charge is -2.20. The molecule has 1 saturated heterocycles. The number of nitrogens with one attached hydrogen (secondary N) is 1. The van der Waals surface area contributed by atoms with Gasteiger partial charge in [0.15, 0.2) is 5.54 Å². The van der Waals surface area contributed by atoms with E-state index in [-0.39, 0.29) is 12.5 Å². The topological polar surface area (TPSA) is 62.3 Å². The van der Waals surface area contributed by atoms with E-state index in [1.807, 2.05) is 17.5 Å². The van der Waals surface area contributed by atoms with Gasteiger partial charge in [-0.2, -0.15) is 0 Å². The summed E-state index contributed by atoms with van der Waals surface area (Å²) in [5.74, 6) is -0.272. The van der Waals surface area contributed by atoms with Crippen LogP contribution in [0.25, 0.3) is 0 Å². The molecule has 0 radical (unpaired) electrons. The Kier molecular flexibility index (Phi) is 3.43. The molecule has 1 N–H and O–H groups in total. The summed E-state index contributed by atoms with van der Waals surface area (Å²) in [6, 6.07) is 6.67. The fourth-order valence-corrected chi connectivity index (χ4v) is 3.18. The number of rotatable bonds is 3. The Balaban J connectivity index is 1.86. The maximum atomic E-state index is 12.6. The molecule has 0 spiro atoms. The molecule has 5 nitrogen and oxygen atoms in total. The van der Waals surface area contributed by atoms with Crippen molar-refractivity contribution in [3.05, 3.63) is 51.4 Å². The Labute approximate surface area is 130 Å². The number of pyridine rings is 1. The Morgan fingerprint density at radius 1 is 1.38 bits per heavy atom. The first-order valence-corrected chi connectivity index (χ1v) is 7.55. The predicted octanol–water partition coefficient (Wildman–Crippen LogP) is 2.76. The molecule has 1 unspecified atom stereocenters. The molecule has 1 fully saturated rings. The summed E-state index contributed by atoms with van der Waals surface area (Å²) in [6.07, 6.45) is 1.49. The molecule has 3 amide bonds. The van der Waals surface area contributed by atoms with Crippen LogP contribution in [-0.2, 0) is 16.9 Å². The maximum absolute atomic E-state index is 12.6. The minimum absolute atomic E-state index is 0.128. The average molecular weight is 322 g/mol. The molecule has 2 aromatic heterocycles. The zero-order valence-corrected chi connectivity index (χ0v) is 12.7. The van der Waals surface area contributed by atoms with Gasteiger partial charge in [-0.15, -0.1) is 11.3 Å². The fraction of sp³-hybridized carbons (Fsp3) is 0.214. The number of aromatic nitrogens is 1. The van der Waals surface area contributed by atoms with E-state index in [2.05, 4.69) is 10.3 Å². The molecule has 1 aliphatic rings. The number of thiophene rings is 1. The number of hydrogen-bond donors (Lipinski definition) is 1. The summed E-state index contributed by atoms with van der Waals surface area (Å²) in [5, 5.41) is 5.15. The van der Waals surface area contributed by atoms with Gasteiger partial charge in [0.2, 0.25) is 0 Å². The molecule has 0 aromatic carbocycles. The molecule has 3 rings (SSSR count). The second kappa shape index (κ2) is 5.13.